The second kappa shape index (κ2) is 8.37. The molecule has 7 heteroatoms. The maximum absolute atomic E-state index is 10.3. The van der Waals surface area contributed by atoms with Crippen LogP contribution < -0.4 is 14.2 Å². The normalized spacial score (nSPS) is 15.1. The third kappa shape index (κ3) is 4.37. The number of hydrogen-bond donors (Lipinski definition) is 3. The van der Waals surface area contributed by atoms with Gasteiger partial charge in [-0.25, -0.2) is 0 Å². The molecule has 1 atom stereocenters. The average Bonchev–Trinajstić information content (AvgIpc) is 2.68. The summed E-state index contributed by atoms with van der Waals surface area (Å²) in [5, 5.41) is 30.1. The van der Waals surface area contributed by atoms with Crippen LogP contribution in [0.3, 0.4) is 0 Å². The third-order valence-corrected chi connectivity index (χ3v) is 4.68. The fourth-order valence-electron chi connectivity index (χ4n) is 3.29. The molecule has 1 aliphatic heterocycles. The molecule has 3 rings (SSSR count). The fraction of sp³-hybridized carbons (Fsp3) is 0.400. The lowest BCUT2D eigenvalue weighted by Gasteiger charge is -2.31. The van der Waals surface area contributed by atoms with Crippen LogP contribution in [0.2, 0.25) is 0 Å². The first-order chi connectivity index (χ1) is 13.0. The molecule has 0 saturated heterocycles. The standard InChI is InChI=1S/C20H25NO6/c1-25-15-3-5-16(6-4-15)27-12-14(22)10-21-8-7-13-9-18(23)19(24)20(26-2)17(13)11-21/h3-6,9,14,22-24H,7-8,10-12H2,1-2H3. The number of rotatable bonds is 7. The highest BCUT2D eigenvalue weighted by molar-refractivity contribution is 5.58. The summed E-state index contributed by atoms with van der Waals surface area (Å²) in [4.78, 5) is 2.07. The van der Waals surface area contributed by atoms with Crippen molar-refractivity contribution in [2.75, 3.05) is 33.9 Å². The summed E-state index contributed by atoms with van der Waals surface area (Å²) in [5.74, 6) is 1.28. The number of aromatic hydroxyl groups is 2. The monoisotopic (exact) mass is 375 g/mol. The Balaban J connectivity index is 1.58. The van der Waals surface area contributed by atoms with E-state index in [2.05, 4.69) is 4.90 Å². The van der Waals surface area contributed by atoms with E-state index < -0.39 is 6.10 Å². The molecule has 1 unspecified atom stereocenters. The first kappa shape index (κ1) is 19.1. The molecule has 0 saturated carbocycles. The molecule has 1 heterocycles. The summed E-state index contributed by atoms with van der Waals surface area (Å²) in [6.07, 6.45) is 0.0383. The van der Waals surface area contributed by atoms with Gasteiger partial charge in [-0.3, -0.25) is 4.90 Å². The predicted octanol–water partition coefficient (Wildman–Crippen LogP) is 1.91. The van der Waals surface area contributed by atoms with E-state index in [-0.39, 0.29) is 18.1 Å². The Morgan fingerprint density at radius 2 is 1.78 bits per heavy atom. The van der Waals surface area contributed by atoms with Crippen molar-refractivity contribution >= 4 is 0 Å². The quantitative estimate of drug-likeness (QED) is 0.637. The number of phenols is 2. The minimum absolute atomic E-state index is 0.174. The van der Waals surface area contributed by atoms with Gasteiger partial charge in [0, 0.05) is 25.2 Å². The number of hydrogen-bond acceptors (Lipinski definition) is 7. The molecule has 0 aliphatic carbocycles. The molecule has 27 heavy (non-hydrogen) atoms. The van der Waals surface area contributed by atoms with Crippen molar-refractivity contribution in [2.45, 2.75) is 19.1 Å². The summed E-state index contributed by atoms with van der Waals surface area (Å²) in [6.45, 7) is 1.86. The van der Waals surface area contributed by atoms with Crippen molar-refractivity contribution in [3.8, 4) is 28.7 Å². The van der Waals surface area contributed by atoms with E-state index in [1.54, 1.807) is 37.4 Å². The Bertz CT molecular complexity index is 777. The third-order valence-electron chi connectivity index (χ3n) is 4.68. The van der Waals surface area contributed by atoms with Crippen LogP contribution >= 0.6 is 0 Å². The van der Waals surface area contributed by atoms with Gasteiger partial charge in [0.1, 0.15) is 24.2 Å². The first-order valence-corrected chi connectivity index (χ1v) is 8.79. The van der Waals surface area contributed by atoms with Gasteiger partial charge in [-0.1, -0.05) is 0 Å². The molecule has 146 valence electrons. The van der Waals surface area contributed by atoms with Gasteiger partial charge in [-0.2, -0.15) is 0 Å². The van der Waals surface area contributed by atoms with Crippen molar-refractivity contribution in [1.29, 1.82) is 0 Å². The van der Waals surface area contributed by atoms with Crippen LogP contribution in [-0.2, 0) is 13.0 Å². The number of methoxy groups -OCH3 is 2. The van der Waals surface area contributed by atoms with Gasteiger partial charge in [-0.05, 0) is 42.3 Å². The first-order valence-electron chi connectivity index (χ1n) is 8.79. The van der Waals surface area contributed by atoms with Crippen LogP contribution in [0, 0.1) is 0 Å². The number of aliphatic hydroxyl groups is 1. The molecule has 3 N–H and O–H groups in total. The Kier molecular flexibility index (Phi) is 5.93. The molecule has 0 radical (unpaired) electrons. The Morgan fingerprint density at radius 3 is 2.44 bits per heavy atom. The van der Waals surface area contributed by atoms with Gasteiger partial charge in [0.2, 0.25) is 5.75 Å². The van der Waals surface area contributed by atoms with E-state index in [0.29, 0.717) is 31.0 Å². The molecular weight excluding hydrogens is 350 g/mol. The molecule has 0 fully saturated rings. The van der Waals surface area contributed by atoms with Crippen LogP contribution in [0.4, 0.5) is 0 Å². The van der Waals surface area contributed by atoms with E-state index in [0.717, 1.165) is 23.4 Å². The predicted molar refractivity (Wildman–Crippen MR) is 99.8 cm³/mol. The summed E-state index contributed by atoms with van der Waals surface area (Å²) < 4.78 is 16.0. The molecular formula is C20H25NO6. The number of ether oxygens (including phenoxy) is 3. The second-order valence-electron chi connectivity index (χ2n) is 6.54. The number of aliphatic hydroxyl groups excluding tert-OH is 1. The zero-order valence-electron chi connectivity index (χ0n) is 15.5. The second-order valence-corrected chi connectivity index (χ2v) is 6.54. The van der Waals surface area contributed by atoms with Crippen LogP contribution in [0.1, 0.15) is 11.1 Å². The highest BCUT2D eigenvalue weighted by Crippen LogP contribution is 2.42. The minimum atomic E-state index is -0.662. The van der Waals surface area contributed by atoms with Gasteiger partial charge in [0.05, 0.1) is 14.2 Å². The summed E-state index contributed by atoms with van der Waals surface area (Å²) in [5.41, 5.74) is 1.78. The maximum Gasteiger partial charge on any atom is 0.200 e. The number of phenolic OH excluding ortho intramolecular Hbond substituents is 2. The number of fused-ring (bicyclic) bond motifs is 1. The molecule has 0 aromatic heterocycles. The molecule has 2 aromatic carbocycles. The van der Waals surface area contributed by atoms with Crippen molar-refractivity contribution in [2.24, 2.45) is 0 Å². The van der Waals surface area contributed by atoms with E-state index in [1.165, 1.54) is 7.11 Å². The number of nitrogens with zero attached hydrogens (tertiary/aromatic N) is 1. The van der Waals surface area contributed by atoms with Gasteiger partial charge in [0.15, 0.2) is 11.5 Å². The zero-order chi connectivity index (χ0) is 19.4. The SMILES string of the molecule is COc1ccc(OCC(O)CN2CCc3cc(O)c(O)c(OC)c3C2)cc1. The van der Waals surface area contributed by atoms with E-state index in [4.69, 9.17) is 14.2 Å². The highest BCUT2D eigenvalue weighted by Gasteiger charge is 2.25. The van der Waals surface area contributed by atoms with Gasteiger partial charge < -0.3 is 29.5 Å². The topological polar surface area (TPSA) is 91.6 Å². The molecule has 0 spiro atoms. The lowest BCUT2D eigenvalue weighted by Crippen LogP contribution is -2.39. The fourth-order valence-corrected chi connectivity index (χ4v) is 3.29. The highest BCUT2D eigenvalue weighted by atomic mass is 16.5. The maximum atomic E-state index is 10.3. The molecule has 1 aliphatic rings. The lowest BCUT2D eigenvalue weighted by molar-refractivity contribution is 0.0633. The molecule has 0 bridgehead atoms. The Labute approximate surface area is 158 Å². The van der Waals surface area contributed by atoms with Crippen molar-refractivity contribution in [3.63, 3.8) is 0 Å². The molecule has 7 nitrogen and oxygen atoms in total. The van der Waals surface area contributed by atoms with E-state index >= 15 is 0 Å². The summed E-state index contributed by atoms with van der Waals surface area (Å²) in [7, 11) is 3.07. The van der Waals surface area contributed by atoms with Crippen LogP contribution in [0.15, 0.2) is 30.3 Å². The zero-order valence-corrected chi connectivity index (χ0v) is 15.5. The van der Waals surface area contributed by atoms with Crippen molar-refractivity contribution < 1.29 is 29.5 Å². The lowest BCUT2D eigenvalue weighted by atomic mass is 9.97. The Morgan fingerprint density at radius 1 is 1.07 bits per heavy atom. The smallest absolute Gasteiger partial charge is 0.200 e. The van der Waals surface area contributed by atoms with E-state index in [1.807, 2.05) is 0 Å². The number of benzene rings is 2. The number of β-amino-alcohol motifs (C(OH)–C–C–N with tert-alkyl or cyclic N) is 1. The summed E-state index contributed by atoms with van der Waals surface area (Å²) >= 11 is 0. The summed E-state index contributed by atoms with van der Waals surface area (Å²) in [6, 6.07) is 8.77. The average molecular weight is 375 g/mol. The van der Waals surface area contributed by atoms with Gasteiger partial charge in [0.25, 0.3) is 0 Å². The van der Waals surface area contributed by atoms with Crippen LogP contribution in [-0.4, -0.2) is 60.2 Å². The minimum Gasteiger partial charge on any atom is -0.504 e. The van der Waals surface area contributed by atoms with E-state index in [9.17, 15) is 15.3 Å². The van der Waals surface area contributed by atoms with Gasteiger partial charge >= 0.3 is 0 Å². The van der Waals surface area contributed by atoms with Crippen LogP contribution in [0.25, 0.3) is 0 Å². The molecule has 2 aromatic rings. The van der Waals surface area contributed by atoms with Crippen molar-refractivity contribution in [1.82, 2.24) is 4.90 Å². The van der Waals surface area contributed by atoms with Crippen LogP contribution in [0.5, 0.6) is 28.7 Å². The molecule has 0 amide bonds. The Hall–Kier alpha value is -2.64. The van der Waals surface area contributed by atoms with Gasteiger partial charge in [-0.15, -0.1) is 0 Å². The van der Waals surface area contributed by atoms with Crippen molar-refractivity contribution in [3.05, 3.63) is 41.5 Å². The largest absolute Gasteiger partial charge is 0.504 e.